The average Bonchev–Trinajstić information content (AvgIpc) is 2.57. The molecule has 0 fully saturated rings. The Hall–Kier alpha value is -2.39. The molecule has 108 valence electrons. The largest absolute Gasteiger partial charge is 0.398 e. The highest BCUT2D eigenvalue weighted by Gasteiger charge is 2.15. The van der Waals surface area contributed by atoms with Gasteiger partial charge in [0.1, 0.15) is 0 Å². The summed E-state index contributed by atoms with van der Waals surface area (Å²) in [6.07, 6.45) is 0. The number of ketones is 1. The van der Waals surface area contributed by atoms with Gasteiger partial charge < -0.3 is 5.73 Å². The van der Waals surface area contributed by atoms with E-state index >= 15 is 0 Å². The molecule has 3 rings (SSSR count). The standard InChI is InChI=1S/C19H14BrNO/c20-14-10-11-18(21)17(12-14)15-8-4-5-9-16(15)19(22)13-6-2-1-3-7-13/h1-12H,21H2. The highest BCUT2D eigenvalue weighted by molar-refractivity contribution is 9.10. The van der Waals surface area contributed by atoms with E-state index in [4.69, 9.17) is 5.73 Å². The van der Waals surface area contributed by atoms with Gasteiger partial charge in [0.2, 0.25) is 0 Å². The van der Waals surface area contributed by atoms with Crippen LogP contribution in [0.1, 0.15) is 15.9 Å². The van der Waals surface area contributed by atoms with Gasteiger partial charge in [0, 0.05) is 26.9 Å². The van der Waals surface area contributed by atoms with E-state index in [1.54, 1.807) is 0 Å². The highest BCUT2D eigenvalue weighted by atomic mass is 79.9. The van der Waals surface area contributed by atoms with Crippen LogP contribution in [0.5, 0.6) is 0 Å². The second-order valence-electron chi connectivity index (χ2n) is 4.97. The summed E-state index contributed by atoms with van der Waals surface area (Å²) in [6, 6.07) is 22.5. The topological polar surface area (TPSA) is 43.1 Å². The summed E-state index contributed by atoms with van der Waals surface area (Å²) in [5.74, 6) is -0.00410. The molecule has 2 nitrogen and oxygen atoms in total. The first-order chi connectivity index (χ1) is 10.7. The molecule has 0 atom stereocenters. The summed E-state index contributed by atoms with van der Waals surface area (Å²) in [5, 5.41) is 0. The van der Waals surface area contributed by atoms with Crippen molar-refractivity contribution in [3.8, 4) is 11.1 Å². The molecule has 3 aromatic rings. The number of anilines is 1. The van der Waals surface area contributed by atoms with Crippen LogP contribution in [0, 0.1) is 0 Å². The first-order valence-corrected chi connectivity index (χ1v) is 7.70. The number of rotatable bonds is 3. The molecule has 0 saturated carbocycles. The molecule has 0 amide bonds. The highest BCUT2D eigenvalue weighted by Crippen LogP contribution is 2.32. The second-order valence-corrected chi connectivity index (χ2v) is 5.89. The molecule has 0 unspecified atom stereocenters. The zero-order valence-corrected chi connectivity index (χ0v) is 13.4. The Morgan fingerprint density at radius 3 is 2.27 bits per heavy atom. The molecule has 0 aromatic heterocycles. The fourth-order valence-corrected chi connectivity index (χ4v) is 2.78. The van der Waals surface area contributed by atoms with Gasteiger partial charge in [-0.2, -0.15) is 0 Å². The Kier molecular flexibility index (Phi) is 4.07. The third-order valence-electron chi connectivity index (χ3n) is 3.51. The van der Waals surface area contributed by atoms with Crippen molar-refractivity contribution in [2.45, 2.75) is 0 Å². The minimum absolute atomic E-state index is 0.00410. The minimum atomic E-state index is -0.00410. The lowest BCUT2D eigenvalue weighted by Crippen LogP contribution is -2.04. The van der Waals surface area contributed by atoms with Crippen LogP contribution in [0.3, 0.4) is 0 Å². The van der Waals surface area contributed by atoms with E-state index in [0.29, 0.717) is 16.8 Å². The van der Waals surface area contributed by atoms with Crippen LogP contribution in [0.2, 0.25) is 0 Å². The van der Waals surface area contributed by atoms with Crippen molar-refractivity contribution in [2.24, 2.45) is 0 Å². The number of carbonyl (C=O) groups is 1. The Morgan fingerprint density at radius 2 is 1.50 bits per heavy atom. The number of hydrogen-bond acceptors (Lipinski definition) is 2. The molecule has 0 aliphatic rings. The van der Waals surface area contributed by atoms with Gasteiger partial charge in [-0.15, -0.1) is 0 Å². The summed E-state index contributed by atoms with van der Waals surface area (Å²) >= 11 is 3.46. The molecular formula is C19H14BrNO. The molecular weight excluding hydrogens is 338 g/mol. The van der Waals surface area contributed by atoms with E-state index in [-0.39, 0.29) is 5.78 Å². The Bertz CT molecular complexity index is 828. The molecule has 0 aliphatic heterocycles. The molecule has 3 aromatic carbocycles. The van der Waals surface area contributed by atoms with E-state index in [0.717, 1.165) is 15.6 Å². The van der Waals surface area contributed by atoms with Crippen molar-refractivity contribution in [2.75, 3.05) is 5.73 Å². The Labute approximate surface area is 137 Å². The van der Waals surface area contributed by atoms with Crippen molar-refractivity contribution in [1.29, 1.82) is 0 Å². The number of nitrogens with two attached hydrogens (primary N) is 1. The summed E-state index contributed by atoms with van der Waals surface area (Å²) < 4.78 is 0.929. The maximum Gasteiger partial charge on any atom is 0.193 e. The summed E-state index contributed by atoms with van der Waals surface area (Å²) in [6.45, 7) is 0. The number of benzene rings is 3. The fourth-order valence-electron chi connectivity index (χ4n) is 2.42. The molecule has 2 N–H and O–H groups in total. The molecule has 0 spiro atoms. The zero-order valence-electron chi connectivity index (χ0n) is 11.8. The van der Waals surface area contributed by atoms with Crippen molar-refractivity contribution < 1.29 is 4.79 Å². The minimum Gasteiger partial charge on any atom is -0.398 e. The Balaban J connectivity index is 2.15. The average molecular weight is 352 g/mol. The molecule has 3 heteroatoms. The van der Waals surface area contributed by atoms with Crippen molar-refractivity contribution in [1.82, 2.24) is 0 Å². The summed E-state index contributed by atoms with van der Waals surface area (Å²) in [5.41, 5.74) is 9.77. The summed E-state index contributed by atoms with van der Waals surface area (Å²) in [7, 11) is 0. The van der Waals surface area contributed by atoms with Crippen LogP contribution in [0.25, 0.3) is 11.1 Å². The van der Waals surface area contributed by atoms with Gasteiger partial charge in [0.05, 0.1) is 0 Å². The van der Waals surface area contributed by atoms with E-state index in [9.17, 15) is 4.79 Å². The first-order valence-electron chi connectivity index (χ1n) is 6.91. The van der Waals surface area contributed by atoms with Gasteiger partial charge in [0.15, 0.2) is 5.78 Å². The fraction of sp³-hybridized carbons (Fsp3) is 0. The van der Waals surface area contributed by atoms with Crippen LogP contribution in [0.15, 0.2) is 77.3 Å². The van der Waals surface area contributed by atoms with Crippen molar-refractivity contribution in [3.63, 3.8) is 0 Å². The molecule has 0 heterocycles. The first kappa shape index (κ1) is 14.5. The van der Waals surface area contributed by atoms with Crippen molar-refractivity contribution >= 4 is 27.4 Å². The van der Waals surface area contributed by atoms with Crippen LogP contribution in [0.4, 0.5) is 5.69 Å². The lowest BCUT2D eigenvalue weighted by molar-refractivity contribution is 0.103. The van der Waals surface area contributed by atoms with Crippen molar-refractivity contribution in [3.05, 3.63) is 88.4 Å². The van der Waals surface area contributed by atoms with Gasteiger partial charge in [-0.1, -0.05) is 70.5 Å². The van der Waals surface area contributed by atoms with E-state index in [2.05, 4.69) is 15.9 Å². The second kappa shape index (κ2) is 6.16. The number of nitrogen functional groups attached to an aromatic ring is 1. The van der Waals surface area contributed by atoms with E-state index in [1.165, 1.54) is 0 Å². The van der Waals surface area contributed by atoms with Gasteiger partial charge in [-0.3, -0.25) is 4.79 Å². The van der Waals surface area contributed by atoms with Crippen LogP contribution >= 0.6 is 15.9 Å². The third kappa shape index (κ3) is 2.81. The lowest BCUT2D eigenvalue weighted by Gasteiger charge is -2.11. The predicted molar refractivity (Wildman–Crippen MR) is 93.9 cm³/mol. The number of halogens is 1. The van der Waals surface area contributed by atoms with Crippen LogP contribution < -0.4 is 5.73 Å². The summed E-state index contributed by atoms with van der Waals surface area (Å²) in [4.78, 5) is 12.8. The van der Waals surface area contributed by atoms with Gasteiger partial charge in [0.25, 0.3) is 0 Å². The van der Waals surface area contributed by atoms with Crippen LogP contribution in [-0.4, -0.2) is 5.78 Å². The molecule has 0 radical (unpaired) electrons. The molecule has 0 bridgehead atoms. The maximum absolute atomic E-state index is 12.8. The predicted octanol–water partition coefficient (Wildman–Crippen LogP) is 4.93. The Morgan fingerprint density at radius 1 is 0.818 bits per heavy atom. The molecule has 0 aliphatic carbocycles. The molecule has 0 saturated heterocycles. The third-order valence-corrected chi connectivity index (χ3v) is 4.01. The smallest absolute Gasteiger partial charge is 0.193 e. The van der Waals surface area contributed by atoms with Crippen LogP contribution in [-0.2, 0) is 0 Å². The van der Waals surface area contributed by atoms with E-state index in [1.807, 2.05) is 72.8 Å². The SMILES string of the molecule is Nc1ccc(Br)cc1-c1ccccc1C(=O)c1ccccc1. The lowest BCUT2D eigenvalue weighted by atomic mass is 9.93. The quantitative estimate of drug-likeness (QED) is 0.537. The normalized spacial score (nSPS) is 10.4. The zero-order chi connectivity index (χ0) is 15.5. The van der Waals surface area contributed by atoms with Gasteiger partial charge >= 0.3 is 0 Å². The van der Waals surface area contributed by atoms with Gasteiger partial charge in [-0.25, -0.2) is 0 Å². The number of hydrogen-bond donors (Lipinski definition) is 1. The van der Waals surface area contributed by atoms with E-state index < -0.39 is 0 Å². The monoisotopic (exact) mass is 351 g/mol. The van der Waals surface area contributed by atoms with Gasteiger partial charge in [-0.05, 0) is 23.8 Å². The maximum atomic E-state index is 12.8. The number of carbonyl (C=O) groups excluding carboxylic acids is 1. The molecule has 22 heavy (non-hydrogen) atoms.